The Morgan fingerprint density at radius 1 is 1.26 bits per heavy atom. The number of benzene rings is 1. The molecule has 0 fully saturated rings. The Bertz CT molecular complexity index is 590. The number of aryl methyl sites for hydroxylation is 1. The minimum absolute atomic E-state index is 0.00185. The largest absolute Gasteiger partial charge is 0.467 e. The number of anilines is 1. The zero-order chi connectivity index (χ0) is 13.2. The van der Waals surface area contributed by atoms with Gasteiger partial charge in [-0.15, -0.1) is 0 Å². The van der Waals surface area contributed by atoms with E-state index in [4.69, 9.17) is 10.2 Å². The number of amides is 1. The topological polar surface area (TPSA) is 59.5 Å². The number of fused-ring (bicyclic) bond motifs is 1. The molecule has 19 heavy (non-hydrogen) atoms. The second-order valence-corrected chi connectivity index (χ2v) is 4.79. The number of rotatable bonds is 2. The predicted octanol–water partition coefficient (Wildman–Crippen LogP) is 2.45. The summed E-state index contributed by atoms with van der Waals surface area (Å²) < 4.78 is 5.32. The van der Waals surface area contributed by atoms with Crippen molar-refractivity contribution in [1.29, 1.82) is 0 Å². The molecule has 0 atom stereocenters. The van der Waals surface area contributed by atoms with Gasteiger partial charge in [0.15, 0.2) is 0 Å². The van der Waals surface area contributed by atoms with Crippen molar-refractivity contribution in [3.05, 3.63) is 53.5 Å². The van der Waals surface area contributed by atoms with Gasteiger partial charge >= 0.3 is 0 Å². The SMILES string of the molecule is Nc1cccc2c1C(=O)N(Cc1ccco1)CCC2. The fourth-order valence-corrected chi connectivity index (χ4v) is 2.55. The van der Waals surface area contributed by atoms with Crippen molar-refractivity contribution < 1.29 is 9.21 Å². The van der Waals surface area contributed by atoms with Gasteiger partial charge in [-0.25, -0.2) is 0 Å². The van der Waals surface area contributed by atoms with Crippen LogP contribution in [0.2, 0.25) is 0 Å². The molecule has 1 aliphatic heterocycles. The van der Waals surface area contributed by atoms with Crippen LogP contribution in [-0.2, 0) is 13.0 Å². The fraction of sp³-hybridized carbons (Fsp3) is 0.267. The molecule has 0 aliphatic carbocycles. The first-order valence-corrected chi connectivity index (χ1v) is 6.45. The van der Waals surface area contributed by atoms with Crippen LogP contribution >= 0.6 is 0 Å². The lowest BCUT2D eigenvalue weighted by Crippen LogP contribution is -2.30. The lowest BCUT2D eigenvalue weighted by atomic mass is 10.0. The third kappa shape index (κ3) is 2.21. The van der Waals surface area contributed by atoms with Crippen molar-refractivity contribution in [1.82, 2.24) is 4.90 Å². The van der Waals surface area contributed by atoms with Crippen LogP contribution in [0.15, 0.2) is 41.0 Å². The van der Waals surface area contributed by atoms with Crippen LogP contribution in [0.5, 0.6) is 0 Å². The standard InChI is InChI=1S/C15H16N2O2/c16-13-7-1-4-11-5-2-8-17(15(18)14(11)13)10-12-6-3-9-19-12/h1,3-4,6-7,9H,2,5,8,10,16H2. The first kappa shape index (κ1) is 11.8. The Balaban J connectivity index is 1.93. The highest BCUT2D eigenvalue weighted by Gasteiger charge is 2.24. The van der Waals surface area contributed by atoms with Gasteiger partial charge in [-0.3, -0.25) is 4.79 Å². The lowest BCUT2D eigenvalue weighted by Gasteiger charge is -2.20. The molecule has 2 N–H and O–H groups in total. The van der Waals surface area contributed by atoms with Crippen LogP contribution in [0, 0.1) is 0 Å². The number of furan rings is 1. The Morgan fingerprint density at radius 2 is 2.16 bits per heavy atom. The van der Waals surface area contributed by atoms with Gasteiger partial charge in [-0.1, -0.05) is 12.1 Å². The summed E-state index contributed by atoms with van der Waals surface area (Å²) in [7, 11) is 0. The summed E-state index contributed by atoms with van der Waals surface area (Å²) >= 11 is 0. The van der Waals surface area contributed by atoms with Gasteiger partial charge in [0, 0.05) is 12.2 Å². The third-order valence-electron chi connectivity index (χ3n) is 3.49. The molecule has 4 heteroatoms. The summed E-state index contributed by atoms with van der Waals surface area (Å²) in [6, 6.07) is 9.39. The van der Waals surface area contributed by atoms with E-state index in [1.165, 1.54) is 0 Å². The molecular weight excluding hydrogens is 240 g/mol. The van der Waals surface area contributed by atoms with E-state index in [9.17, 15) is 4.79 Å². The van der Waals surface area contributed by atoms with Crippen LogP contribution in [0.25, 0.3) is 0 Å². The molecule has 1 amide bonds. The normalized spacial score (nSPS) is 15.2. The number of carbonyl (C=O) groups is 1. The Morgan fingerprint density at radius 3 is 2.95 bits per heavy atom. The van der Waals surface area contributed by atoms with E-state index in [2.05, 4.69) is 0 Å². The van der Waals surface area contributed by atoms with E-state index in [-0.39, 0.29) is 5.91 Å². The zero-order valence-corrected chi connectivity index (χ0v) is 10.6. The van der Waals surface area contributed by atoms with Crippen molar-refractivity contribution in [2.45, 2.75) is 19.4 Å². The summed E-state index contributed by atoms with van der Waals surface area (Å²) in [5.41, 5.74) is 8.24. The Hall–Kier alpha value is -2.23. The predicted molar refractivity (Wildman–Crippen MR) is 72.6 cm³/mol. The van der Waals surface area contributed by atoms with E-state index in [0.717, 1.165) is 30.7 Å². The molecule has 2 heterocycles. The molecular formula is C15H16N2O2. The number of nitrogens with zero attached hydrogens (tertiary/aromatic N) is 1. The zero-order valence-electron chi connectivity index (χ0n) is 10.6. The monoisotopic (exact) mass is 256 g/mol. The van der Waals surface area contributed by atoms with Gasteiger partial charge in [-0.2, -0.15) is 0 Å². The average Bonchev–Trinajstić information content (AvgIpc) is 2.84. The first-order chi connectivity index (χ1) is 9.25. The van der Waals surface area contributed by atoms with E-state index in [1.807, 2.05) is 24.3 Å². The molecule has 1 aromatic heterocycles. The van der Waals surface area contributed by atoms with Crippen molar-refractivity contribution >= 4 is 11.6 Å². The highest BCUT2D eigenvalue weighted by atomic mass is 16.3. The van der Waals surface area contributed by atoms with Crippen molar-refractivity contribution in [3.63, 3.8) is 0 Å². The van der Waals surface area contributed by atoms with Gasteiger partial charge in [0.05, 0.1) is 18.4 Å². The van der Waals surface area contributed by atoms with Gasteiger partial charge in [-0.05, 0) is 36.6 Å². The number of nitrogen functional groups attached to an aromatic ring is 1. The van der Waals surface area contributed by atoms with Crippen molar-refractivity contribution in [2.75, 3.05) is 12.3 Å². The number of nitrogens with two attached hydrogens (primary N) is 1. The molecule has 0 saturated heterocycles. The number of carbonyl (C=O) groups excluding carboxylic acids is 1. The van der Waals surface area contributed by atoms with Crippen LogP contribution in [0.3, 0.4) is 0 Å². The Labute approximate surface area is 111 Å². The molecule has 4 nitrogen and oxygen atoms in total. The quantitative estimate of drug-likeness (QED) is 0.840. The fourth-order valence-electron chi connectivity index (χ4n) is 2.55. The van der Waals surface area contributed by atoms with E-state index >= 15 is 0 Å². The van der Waals surface area contributed by atoms with E-state index in [0.29, 0.717) is 17.8 Å². The molecule has 0 bridgehead atoms. The average molecular weight is 256 g/mol. The van der Waals surface area contributed by atoms with Crippen molar-refractivity contribution in [3.8, 4) is 0 Å². The van der Waals surface area contributed by atoms with Crippen LogP contribution < -0.4 is 5.73 Å². The molecule has 1 aromatic carbocycles. The smallest absolute Gasteiger partial charge is 0.256 e. The molecule has 0 saturated carbocycles. The third-order valence-corrected chi connectivity index (χ3v) is 3.49. The summed E-state index contributed by atoms with van der Waals surface area (Å²) in [6.07, 6.45) is 3.46. The number of hydrogen-bond acceptors (Lipinski definition) is 3. The van der Waals surface area contributed by atoms with Crippen LogP contribution in [-0.4, -0.2) is 17.4 Å². The van der Waals surface area contributed by atoms with Crippen LogP contribution in [0.4, 0.5) is 5.69 Å². The maximum atomic E-state index is 12.6. The highest BCUT2D eigenvalue weighted by molar-refractivity contribution is 6.00. The maximum absolute atomic E-state index is 12.6. The minimum atomic E-state index is 0.00185. The number of hydrogen-bond donors (Lipinski definition) is 1. The molecule has 0 unspecified atom stereocenters. The molecule has 3 rings (SSSR count). The van der Waals surface area contributed by atoms with Gasteiger partial charge in [0.25, 0.3) is 5.91 Å². The summed E-state index contributed by atoms with van der Waals surface area (Å²) in [5.74, 6) is 0.799. The lowest BCUT2D eigenvalue weighted by molar-refractivity contribution is 0.0738. The molecule has 0 spiro atoms. The molecule has 98 valence electrons. The molecule has 0 radical (unpaired) electrons. The van der Waals surface area contributed by atoms with Crippen molar-refractivity contribution in [2.24, 2.45) is 0 Å². The summed E-state index contributed by atoms with van der Waals surface area (Å²) in [6.45, 7) is 1.23. The minimum Gasteiger partial charge on any atom is -0.467 e. The molecule has 1 aliphatic rings. The summed E-state index contributed by atoms with van der Waals surface area (Å²) in [5, 5.41) is 0. The van der Waals surface area contributed by atoms with Gasteiger partial charge < -0.3 is 15.1 Å². The van der Waals surface area contributed by atoms with E-state index < -0.39 is 0 Å². The second-order valence-electron chi connectivity index (χ2n) is 4.79. The first-order valence-electron chi connectivity index (χ1n) is 6.45. The summed E-state index contributed by atoms with van der Waals surface area (Å²) in [4.78, 5) is 14.4. The van der Waals surface area contributed by atoms with Gasteiger partial charge in [0.1, 0.15) is 5.76 Å². The highest BCUT2D eigenvalue weighted by Crippen LogP contribution is 2.25. The van der Waals surface area contributed by atoms with Gasteiger partial charge in [0.2, 0.25) is 0 Å². The van der Waals surface area contributed by atoms with Crippen LogP contribution in [0.1, 0.15) is 28.1 Å². The van der Waals surface area contributed by atoms with E-state index in [1.54, 1.807) is 17.2 Å². The maximum Gasteiger partial charge on any atom is 0.256 e. The Kier molecular flexibility index (Phi) is 2.99. The second kappa shape index (κ2) is 4.80. The molecule has 2 aromatic rings.